The molecule has 0 radical (unpaired) electrons. The fourth-order valence-electron chi connectivity index (χ4n) is 0.322. The van der Waals surface area contributed by atoms with Crippen LogP contribution in [0, 0.1) is 0 Å². The maximum Gasteiger partial charge on any atom is 0.108 e. The molecule has 3 heteroatoms. The molecule has 1 nitrogen and oxygen atoms in total. The Balaban J connectivity index is 3.92. The Morgan fingerprint density at radius 1 is 1.88 bits per heavy atom. The van der Waals surface area contributed by atoms with Crippen LogP contribution in [-0.4, -0.2) is 4.32 Å². The van der Waals surface area contributed by atoms with E-state index in [1.807, 2.05) is 6.92 Å². The van der Waals surface area contributed by atoms with Crippen molar-refractivity contribution in [3.63, 3.8) is 0 Å². The number of rotatable bonds is 2. The fourth-order valence-corrected chi connectivity index (χ4v) is 0.731. The van der Waals surface area contributed by atoms with Crippen LogP contribution >= 0.6 is 23.8 Å². The Morgan fingerprint density at radius 3 is 2.38 bits per heavy atom. The molecule has 0 amide bonds. The Bertz CT molecular complexity index is 120. The van der Waals surface area contributed by atoms with Gasteiger partial charge < -0.3 is 5.73 Å². The Labute approximate surface area is 59.5 Å². The van der Waals surface area contributed by atoms with E-state index in [1.54, 1.807) is 0 Å². The van der Waals surface area contributed by atoms with E-state index in [0.29, 0.717) is 4.32 Å². The summed E-state index contributed by atoms with van der Waals surface area (Å²) in [5.74, 6) is 0. The van der Waals surface area contributed by atoms with Gasteiger partial charge in [0.1, 0.15) is 4.32 Å². The van der Waals surface area contributed by atoms with E-state index in [2.05, 4.69) is 12.2 Å². The lowest BCUT2D eigenvalue weighted by Crippen LogP contribution is -1.92. The summed E-state index contributed by atoms with van der Waals surface area (Å²) in [4.78, 5) is 0. The van der Waals surface area contributed by atoms with Gasteiger partial charge in [0.2, 0.25) is 0 Å². The number of hydrogen-bond acceptors (Lipinski definition) is 2. The first-order valence-electron chi connectivity index (χ1n) is 2.33. The predicted octanol–water partition coefficient (Wildman–Crippen LogP) is 1.81. The molecule has 0 saturated carbocycles. The van der Waals surface area contributed by atoms with Gasteiger partial charge in [0.25, 0.3) is 0 Å². The molecule has 8 heavy (non-hydrogen) atoms. The average molecular weight is 150 g/mol. The molecule has 0 saturated heterocycles. The lowest BCUT2D eigenvalue weighted by atomic mass is 10.3. The number of allylic oxidation sites excluding steroid dienone is 1. The molecule has 0 aromatic rings. The highest BCUT2D eigenvalue weighted by Crippen LogP contribution is 2.04. The Morgan fingerprint density at radius 2 is 2.38 bits per heavy atom. The summed E-state index contributed by atoms with van der Waals surface area (Å²) in [6.45, 7) is 1.95. The second-order valence-corrected chi connectivity index (χ2v) is 2.33. The van der Waals surface area contributed by atoms with Crippen LogP contribution in [0.1, 0.15) is 13.3 Å². The van der Waals surface area contributed by atoms with Crippen molar-refractivity contribution in [1.29, 1.82) is 0 Å². The zero-order valence-corrected chi connectivity index (χ0v) is 6.22. The third-order valence-corrected chi connectivity index (χ3v) is 1.34. The average Bonchev–Trinajstić information content (AvgIpc) is 1.69. The summed E-state index contributed by atoms with van der Waals surface area (Å²) in [5, 5.41) is 0. The number of nitrogens with two attached hydrogens (primary N) is 1. The van der Waals surface area contributed by atoms with Crippen molar-refractivity contribution >= 4 is 28.1 Å². The molecule has 0 atom stereocenters. The summed E-state index contributed by atoms with van der Waals surface area (Å²) < 4.78 is 0.370. The van der Waals surface area contributed by atoms with E-state index in [4.69, 9.17) is 17.3 Å². The van der Waals surface area contributed by atoms with Crippen LogP contribution in [0.2, 0.25) is 0 Å². The lowest BCUT2D eigenvalue weighted by Gasteiger charge is -1.93. The second kappa shape index (κ2) is 3.87. The minimum atomic E-state index is 0.370. The van der Waals surface area contributed by atoms with E-state index < -0.39 is 0 Å². The summed E-state index contributed by atoms with van der Waals surface area (Å²) in [7, 11) is 0. The predicted molar refractivity (Wildman–Crippen MR) is 41.0 cm³/mol. The summed E-state index contributed by atoms with van der Waals surface area (Å²) >= 11 is 10.1. The molecule has 0 aliphatic carbocycles. The number of hydrogen-bond donors (Lipinski definition) is 1. The molecule has 0 unspecified atom stereocenters. The van der Waals surface area contributed by atoms with Crippen LogP contribution in [0.4, 0.5) is 0 Å². The summed E-state index contributed by atoms with van der Waals surface area (Å²) in [6, 6.07) is 0. The molecule has 0 fully saturated rings. The smallest absolute Gasteiger partial charge is 0.108 e. The van der Waals surface area contributed by atoms with Crippen molar-refractivity contribution in [3.8, 4) is 0 Å². The normalized spacial score (nSPS) is 11.5. The van der Waals surface area contributed by atoms with E-state index in [-0.39, 0.29) is 0 Å². The van der Waals surface area contributed by atoms with Gasteiger partial charge in [-0.25, -0.2) is 0 Å². The number of halogens is 1. The molecule has 0 aromatic carbocycles. The molecule has 46 valence electrons. The van der Waals surface area contributed by atoms with Gasteiger partial charge in [0.15, 0.2) is 0 Å². The third kappa shape index (κ3) is 2.28. The van der Waals surface area contributed by atoms with Gasteiger partial charge in [-0.1, -0.05) is 30.7 Å². The van der Waals surface area contributed by atoms with Crippen molar-refractivity contribution in [2.24, 2.45) is 5.73 Å². The summed E-state index contributed by atoms with van der Waals surface area (Å²) in [5.41, 5.74) is 5.99. The van der Waals surface area contributed by atoms with Crippen molar-refractivity contribution < 1.29 is 0 Å². The van der Waals surface area contributed by atoms with Crippen LogP contribution < -0.4 is 5.73 Å². The SMILES string of the molecule is CCC(=CN)C(=S)Cl. The molecule has 0 bridgehead atoms. The number of thiocarbonyl (C=S) groups is 1. The zero-order valence-electron chi connectivity index (χ0n) is 4.65. The molecular formula is C5H8ClNS. The van der Waals surface area contributed by atoms with Crippen LogP contribution in [0.3, 0.4) is 0 Å². The van der Waals surface area contributed by atoms with Crippen LogP contribution in [-0.2, 0) is 0 Å². The van der Waals surface area contributed by atoms with E-state index in [9.17, 15) is 0 Å². The Kier molecular flexibility index (Phi) is 3.83. The topological polar surface area (TPSA) is 26.0 Å². The minimum absolute atomic E-state index is 0.370. The monoisotopic (exact) mass is 149 g/mol. The maximum absolute atomic E-state index is 5.43. The van der Waals surface area contributed by atoms with E-state index in [0.717, 1.165) is 12.0 Å². The second-order valence-electron chi connectivity index (χ2n) is 1.32. The lowest BCUT2D eigenvalue weighted by molar-refractivity contribution is 1.17. The van der Waals surface area contributed by atoms with Crippen molar-refractivity contribution in [1.82, 2.24) is 0 Å². The van der Waals surface area contributed by atoms with Crippen LogP contribution in [0.5, 0.6) is 0 Å². The highest BCUT2D eigenvalue weighted by Gasteiger charge is 1.94. The van der Waals surface area contributed by atoms with Crippen molar-refractivity contribution in [3.05, 3.63) is 11.8 Å². The molecule has 0 spiro atoms. The molecular weight excluding hydrogens is 142 g/mol. The fraction of sp³-hybridized carbons (Fsp3) is 0.400. The zero-order chi connectivity index (χ0) is 6.57. The third-order valence-electron chi connectivity index (χ3n) is 0.835. The first kappa shape index (κ1) is 7.92. The van der Waals surface area contributed by atoms with Gasteiger partial charge in [-0.3, -0.25) is 0 Å². The van der Waals surface area contributed by atoms with Crippen LogP contribution in [0.25, 0.3) is 0 Å². The first-order chi connectivity index (χ1) is 3.72. The van der Waals surface area contributed by atoms with Crippen LogP contribution in [0.15, 0.2) is 11.8 Å². The van der Waals surface area contributed by atoms with E-state index in [1.165, 1.54) is 6.20 Å². The standard InChI is InChI=1S/C5H8ClNS/c1-2-4(3-7)5(6)8/h3H,2,7H2,1H3. The summed E-state index contributed by atoms with van der Waals surface area (Å²) in [6.07, 6.45) is 2.24. The molecule has 0 heterocycles. The first-order valence-corrected chi connectivity index (χ1v) is 3.11. The van der Waals surface area contributed by atoms with Crippen molar-refractivity contribution in [2.75, 3.05) is 0 Å². The molecule has 2 N–H and O–H groups in total. The van der Waals surface area contributed by atoms with Gasteiger partial charge in [-0.2, -0.15) is 0 Å². The minimum Gasteiger partial charge on any atom is -0.404 e. The van der Waals surface area contributed by atoms with E-state index >= 15 is 0 Å². The molecule has 0 rings (SSSR count). The van der Waals surface area contributed by atoms with Gasteiger partial charge in [0.05, 0.1) is 0 Å². The Hall–Kier alpha value is -0.0800. The van der Waals surface area contributed by atoms with Gasteiger partial charge in [0, 0.05) is 0 Å². The molecule has 0 aliphatic heterocycles. The molecule has 0 aromatic heterocycles. The van der Waals surface area contributed by atoms with Gasteiger partial charge in [-0.15, -0.1) is 0 Å². The largest absolute Gasteiger partial charge is 0.404 e. The highest BCUT2D eigenvalue weighted by atomic mass is 35.5. The quantitative estimate of drug-likeness (QED) is 0.368. The van der Waals surface area contributed by atoms with Gasteiger partial charge >= 0.3 is 0 Å². The maximum atomic E-state index is 5.43. The highest BCUT2D eigenvalue weighted by molar-refractivity contribution is 7.83. The van der Waals surface area contributed by atoms with Gasteiger partial charge in [-0.05, 0) is 18.2 Å². The van der Waals surface area contributed by atoms with Crippen molar-refractivity contribution in [2.45, 2.75) is 13.3 Å². The molecule has 0 aliphatic rings.